The van der Waals surface area contributed by atoms with Gasteiger partial charge in [-0.1, -0.05) is 60.7 Å². The summed E-state index contributed by atoms with van der Waals surface area (Å²) < 4.78 is 5.82. The van der Waals surface area contributed by atoms with E-state index in [9.17, 15) is 4.79 Å². The second-order valence-electron chi connectivity index (χ2n) is 6.87. The minimum absolute atomic E-state index is 0.133. The molecule has 3 rings (SSSR count). The molecule has 0 amide bonds. The molecule has 0 aliphatic heterocycles. The van der Waals surface area contributed by atoms with Crippen molar-refractivity contribution in [3.8, 4) is 11.5 Å². The van der Waals surface area contributed by atoms with Gasteiger partial charge in [-0.3, -0.25) is 0 Å². The van der Waals surface area contributed by atoms with E-state index in [1.807, 2.05) is 48.5 Å². The standard InChI is InChI=1S/C25H26O2/c26-20-23(11-7-10-21-8-3-1-4-9-21)15-14-22-16-18-25(19-17-22)27-24-12-5-2-6-13-24/h1-6,8-9,12-13,16-20,23H,7,10-11,14-15H2. The molecule has 0 aliphatic rings. The van der Waals surface area contributed by atoms with Gasteiger partial charge in [-0.25, -0.2) is 0 Å². The highest BCUT2D eigenvalue weighted by molar-refractivity contribution is 5.53. The SMILES string of the molecule is O=CC(CCCc1ccccc1)CCc1ccc(Oc2ccccc2)cc1. The third kappa shape index (κ3) is 6.41. The predicted molar refractivity (Wildman–Crippen MR) is 110 cm³/mol. The molecule has 0 N–H and O–H groups in total. The summed E-state index contributed by atoms with van der Waals surface area (Å²) in [7, 11) is 0. The molecular weight excluding hydrogens is 332 g/mol. The average Bonchev–Trinajstić information content (AvgIpc) is 2.73. The minimum atomic E-state index is 0.133. The molecule has 3 aromatic carbocycles. The zero-order valence-corrected chi connectivity index (χ0v) is 15.6. The fourth-order valence-electron chi connectivity index (χ4n) is 3.19. The maximum Gasteiger partial charge on any atom is 0.127 e. The van der Waals surface area contributed by atoms with Crippen LogP contribution in [-0.2, 0) is 17.6 Å². The maximum absolute atomic E-state index is 11.4. The third-order valence-electron chi connectivity index (χ3n) is 4.78. The zero-order valence-electron chi connectivity index (χ0n) is 15.6. The fraction of sp³-hybridized carbons (Fsp3) is 0.240. The maximum atomic E-state index is 11.4. The molecule has 0 radical (unpaired) electrons. The van der Waals surface area contributed by atoms with Gasteiger partial charge in [0.25, 0.3) is 0 Å². The first-order valence-corrected chi connectivity index (χ1v) is 9.64. The largest absolute Gasteiger partial charge is 0.457 e. The first-order chi connectivity index (χ1) is 13.3. The first-order valence-electron chi connectivity index (χ1n) is 9.64. The van der Waals surface area contributed by atoms with E-state index in [1.165, 1.54) is 11.1 Å². The van der Waals surface area contributed by atoms with Gasteiger partial charge in [-0.2, -0.15) is 0 Å². The van der Waals surface area contributed by atoms with Crippen LogP contribution in [0.25, 0.3) is 0 Å². The molecule has 2 heteroatoms. The van der Waals surface area contributed by atoms with E-state index in [0.29, 0.717) is 0 Å². The Bertz CT molecular complexity index is 795. The second-order valence-corrected chi connectivity index (χ2v) is 6.87. The van der Waals surface area contributed by atoms with Gasteiger partial charge in [0.1, 0.15) is 17.8 Å². The molecule has 0 heterocycles. The van der Waals surface area contributed by atoms with Crippen molar-refractivity contribution in [1.29, 1.82) is 0 Å². The topological polar surface area (TPSA) is 26.3 Å². The highest BCUT2D eigenvalue weighted by Crippen LogP contribution is 2.22. The smallest absolute Gasteiger partial charge is 0.127 e. The molecule has 3 aromatic rings. The number of aryl methyl sites for hydroxylation is 2. The zero-order chi connectivity index (χ0) is 18.7. The third-order valence-corrected chi connectivity index (χ3v) is 4.78. The Morgan fingerprint density at radius 1 is 0.667 bits per heavy atom. The van der Waals surface area contributed by atoms with Gasteiger partial charge in [0.05, 0.1) is 0 Å². The normalized spacial score (nSPS) is 11.7. The average molecular weight is 358 g/mol. The number of carbonyl (C=O) groups excluding carboxylic acids is 1. The van der Waals surface area contributed by atoms with Crippen molar-refractivity contribution < 1.29 is 9.53 Å². The van der Waals surface area contributed by atoms with E-state index in [1.54, 1.807) is 0 Å². The summed E-state index contributed by atoms with van der Waals surface area (Å²) in [5, 5.41) is 0. The lowest BCUT2D eigenvalue weighted by Gasteiger charge is -2.11. The predicted octanol–water partition coefficient (Wildman–Crippen LogP) is 6.25. The van der Waals surface area contributed by atoms with Crippen LogP contribution in [0.15, 0.2) is 84.9 Å². The Balaban J connectivity index is 1.43. The molecule has 27 heavy (non-hydrogen) atoms. The van der Waals surface area contributed by atoms with Gasteiger partial charge in [0, 0.05) is 5.92 Å². The van der Waals surface area contributed by atoms with Crippen molar-refractivity contribution in [2.24, 2.45) is 5.92 Å². The summed E-state index contributed by atoms with van der Waals surface area (Å²) in [5.74, 6) is 1.80. The molecule has 0 fully saturated rings. The van der Waals surface area contributed by atoms with Crippen molar-refractivity contribution in [3.63, 3.8) is 0 Å². The van der Waals surface area contributed by atoms with Crippen LogP contribution in [0.5, 0.6) is 11.5 Å². The minimum Gasteiger partial charge on any atom is -0.457 e. The van der Waals surface area contributed by atoms with Crippen molar-refractivity contribution in [3.05, 3.63) is 96.1 Å². The summed E-state index contributed by atoms with van der Waals surface area (Å²) in [6.45, 7) is 0. The van der Waals surface area contributed by atoms with E-state index in [2.05, 4.69) is 36.4 Å². The number of para-hydroxylation sites is 1. The molecule has 0 saturated heterocycles. The van der Waals surface area contributed by atoms with Gasteiger partial charge >= 0.3 is 0 Å². The van der Waals surface area contributed by atoms with Crippen LogP contribution >= 0.6 is 0 Å². The summed E-state index contributed by atoms with van der Waals surface area (Å²) in [5.41, 5.74) is 2.58. The highest BCUT2D eigenvalue weighted by atomic mass is 16.5. The van der Waals surface area contributed by atoms with Crippen LogP contribution in [0.1, 0.15) is 30.4 Å². The monoisotopic (exact) mass is 358 g/mol. The van der Waals surface area contributed by atoms with E-state index in [-0.39, 0.29) is 5.92 Å². The van der Waals surface area contributed by atoms with Gasteiger partial charge in [-0.15, -0.1) is 0 Å². The molecule has 0 aliphatic carbocycles. The fourth-order valence-corrected chi connectivity index (χ4v) is 3.19. The molecule has 2 nitrogen and oxygen atoms in total. The number of benzene rings is 3. The van der Waals surface area contributed by atoms with Gasteiger partial charge in [-0.05, 0) is 67.5 Å². The van der Waals surface area contributed by atoms with E-state index >= 15 is 0 Å². The Hall–Kier alpha value is -2.87. The number of carbonyl (C=O) groups is 1. The molecule has 0 spiro atoms. The lowest BCUT2D eigenvalue weighted by atomic mass is 9.94. The molecule has 0 bridgehead atoms. The van der Waals surface area contributed by atoms with Crippen molar-refractivity contribution in [2.45, 2.75) is 32.1 Å². The Morgan fingerprint density at radius 2 is 1.26 bits per heavy atom. The van der Waals surface area contributed by atoms with E-state index < -0.39 is 0 Å². The van der Waals surface area contributed by atoms with E-state index in [4.69, 9.17) is 4.74 Å². The van der Waals surface area contributed by atoms with Crippen molar-refractivity contribution in [2.75, 3.05) is 0 Å². The summed E-state index contributed by atoms with van der Waals surface area (Å²) in [6, 6.07) is 28.4. The summed E-state index contributed by atoms with van der Waals surface area (Å²) in [6.07, 6.45) is 5.98. The lowest BCUT2D eigenvalue weighted by Crippen LogP contribution is -2.04. The highest BCUT2D eigenvalue weighted by Gasteiger charge is 2.08. The number of aldehydes is 1. The molecule has 138 valence electrons. The van der Waals surface area contributed by atoms with Crippen LogP contribution in [-0.4, -0.2) is 6.29 Å². The number of rotatable bonds is 10. The van der Waals surface area contributed by atoms with Crippen LogP contribution in [0.3, 0.4) is 0 Å². The molecule has 1 atom stereocenters. The quantitative estimate of drug-likeness (QED) is 0.400. The van der Waals surface area contributed by atoms with Crippen LogP contribution in [0.2, 0.25) is 0 Å². The van der Waals surface area contributed by atoms with Crippen LogP contribution < -0.4 is 4.74 Å². The summed E-state index contributed by atoms with van der Waals surface area (Å²) in [4.78, 5) is 11.4. The second kappa shape index (κ2) is 10.3. The molecule has 0 aromatic heterocycles. The van der Waals surface area contributed by atoms with Crippen molar-refractivity contribution in [1.82, 2.24) is 0 Å². The van der Waals surface area contributed by atoms with E-state index in [0.717, 1.165) is 49.9 Å². The molecule has 0 saturated carbocycles. The lowest BCUT2D eigenvalue weighted by molar-refractivity contribution is -0.111. The van der Waals surface area contributed by atoms with Gasteiger partial charge < -0.3 is 9.53 Å². The Labute approximate surface area is 161 Å². The van der Waals surface area contributed by atoms with Crippen LogP contribution in [0, 0.1) is 5.92 Å². The summed E-state index contributed by atoms with van der Waals surface area (Å²) >= 11 is 0. The molecule has 1 unspecified atom stereocenters. The number of hydrogen-bond acceptors (Lipinski definition) is 2. The molecular formula is C25H26O2. The number of ether oxygens (including phenoxy) is 1. The van der Waals surface area contributed by atoms with Gasteiger partial charge in [0.15, 0.2) is 0 Å². The van der Waals surface area contributed by atoms with Gasteiger partial charge in [0.2, 0.25) is 0 Å². The van der Waals surface area contributed by atoms with Crippen molar-refractivity contribution >= 4 is 6.29 Å². The Kier molecular flexibility index (Phi) is 7.23. The first kappa shape index (κ1) is 18.9. The number of hydrogen-bond donors (Lipinski definition) is 0. The Morgan fingerprint density at radius 3 is 1.93 bits per heavy atom. The van der Waals surface area contributed by atoms with Crippen LogP contribution in [0.4, 0.5) is 0 Å².